The minimum absolute atomic E-state index is 0.0149. The number of aromatic nitrogens is 1. The molecule has 5 nitrogen and oxygen atoms in total. The third kappa shape index (κ3) is 5.47. The number of benzene rings is 3. The minimum Gasteiger partial charge on any atom is -0.392 e. The Balaban J connectivity index is 1.50. The van der Waals surface area contributed by atoms with Crippen LogP contribution in [0.4, 0.5) is 33.7 Å². The van der Waals surface area contributed by atoms with E-state index in [2.05, 4.69) is 15.6 Å². The first-order valence-corrected chi connectivity index (χ1v) is 10.5. The zero-order chi connectivity index (χ0) is 23.6. The topological polar surface area (TPSA) is 77.2 Å². The van der Waals surface area contributed by atoms with Crippen molar-refractivity contribution in [1.82, 2.24) is 4.98 Å². The van der Waals surface area contributed by atoms with Crippen molar-refractivity contribution in [3.63, 3.8) is 0 Å². The number of nitrogens with one attached hydrogen (secondary N) is 3. The molecule has 0 bridgehead atoms. The van der Waals surface area contributed by atoms with Crippen LogP contribution in [0.25, 0.3) is 22.0 Å². The van der Waals surface area contributed by atoms with Gasteiger partial charge in [0.1, 0.15) is 5.82 Å². The van der Waals surface area contributed by atoms with Gasteiger partial charge in [0.15, 0.2) is 0 Å². The number of halogens is 4. The average Bonchev–Trinajstić information content (AvgIpc) is 3.16. The molecule has 1 aromatic heterocycles. The van der Waals surface area contributed by atoms with Crippen molar-refractivity contribution in [1.29, 1.82) is 0 Å². The molecule has 0 aliphatic carbocycles. The summed E-state index contributed by atoms with van der Waals surface area (Å²) in [5.74, 6) is -0.512. The SMILES string of the molecule is O=C(Nc1ccc(SC(F)(F)F)cc1)Nc1c[nH]c2ccc(-c3ccc(CO)c(F)c3)cc12. The van der Waals surface area contributed by atoms with Crippen LogP contribution in [0.15, 0.2) is 71.8 Å². The molecule has 0 saturated carbocycles. The van der Waals surface area contributed by atoms with Gasteiger partial charge in [-0.15, -0.1) is 0 Å². The molecule has 4 aromatic rings. The van der Waals surface area contributed by atoms with Crippen LogP contribution in [0.5, 0.6) is 0 Å². The van der Waals surface area contributed by atoms with Gasteiger partial charge in [0.2, 0.25) is 0 Å². The van der Waals surface area contributed by atoms with E-state index in [1.165, 1.54) is 36.4 Å². The monoisotopic (exact) mass is 475 g/mol. The third-order valence-corrected chi connectivity index (χ3v) is 5.57. The average molecular weight is 475 g/mol. The highest BCUT2D eigenvalue weighted by Crippen LogP contribution is 2.37. The van der Waals surface area contributed by atoms with Crippen molar-refractivity contribution in [2.24, 2.45) is 0 Å². The molecule has 0 spiro atoms. The van der Waals surface area contributed by atoms with Gasteiger partial charge in [0.25, 0.3) is 0 Å². The number of carbonyl (C=O) groups excluding carboxylic acids is 1. The number of hydrogen-bond acceptors (Lipinski definition) is 3. The van der Waals surface area contributed by atoms with Gasteiger partial charge in [-0.25, -0.2) is 9.18 Å². The normalized spacial score (nSPS) is 11.5. The van der Waals surface area contributed by atoms with Gasteiger partial charge in [-0.2, -0.15) is 13.2 Å². The largest absolute Gasteiger partial charge is 0.446 e. The lowest BCUT2D eigenvalue weighted by Crippen LogP contribution is -2.19. The van der Waals surface area contributed by atoms with Crippen LogP contribution in [0.1, 0.15) is 5.56 Å². The smallest absolute Gasteiger partial charge is 0.392 e. The molecule has 0 saturated heterocycles. The molecule has 0 radical (unpaired) electrons. The number of amides is 2. The summed E-state index contributed by atoms with van der Waals surface area (Å²) < 4.78 is 51.4. The Labute approximate surface area is 189 Å². The number of anilines is 2. The summed E-state index contributed by atoms with van der Waals surface area (Å²) in [6.45, 7) is -0.393. The summed E-state index contributed by atoms with van der Waals surface area (Å²) in [5, 5.41) is 15.1. The lowest BCUT2D eigenvalue weighted by atomic mass is 10.0. The number of thioether (sulfide) groups is 1. The number of carbonyl (C=O) groups is 1. The Hall–Kier alpha value is -3.50. The van der Waals surface area contributed by atoms with Crippen LogP contribution < -0.4 is 10.6 Å². The lowest BCUT2D eigenvalue weighted by molar-refractivity contribution is -0.0328. The van der Waals surface area contributed by atoms with Gasteiger partial charge < -0.3 is 20.7 Å². The summed E-state index contributed by atoms with van der Waals surface area (Å²) in [6, 6.07) is 14.7. The van der Waals surface area contributed by atoms with E-state index in [1.54, 1.807) is 30.5 Å². The highest BCUT2D eigenvalue weighted by molar-refractivity contribution is 8.00. The van der Waals surface area contributed by atoms with Crippen LogP contribution in [0.2, 0.25) is 0 Å². The fourth-order valence-corrected chi connectivity index (χ4v) is 3.82. The second-order valence-electron chi connectivity index (χ2n) is 7.08. The molecule has 10 heteroatoms. The Morgan fingerprint density at radius 3 is 2.33 bits per heavy atom. The second kappa shape index (κ2) is 9.16. The van der Waals surface area contributed by atoms with E-state index in [0.717, 1.165) is 5.52 Å². The highest BCUT2D eigenvalue weighted by Gasteiger charge is 2.29. The van der Waals surface area contributed by atoms with Gasteiger partial charge in [0, 0.05) is 33.2 Å². The predicted octanol–water partition coefficient (Wildman–Crippen LogP) is 6.72. The molecule has 0 unspecified atom stereocenters. The maximum absolute atomic E-state index is 14.1. The molecule has 33 heavy (non-hydrogen) atoms. The summed E-state index contributed by atoms with van der Waals surface area (Å²) in [6.07, 6.45) is 1.60. The third-order valence-electron chi connectivity index (χ3n) is 4.83. The van der Waals surface area contributed by atoms with Gasteiger partial charge >= 0.3 is 11.5 Å². The number of aromatic amines is 1. The summed E-state index contributed by atoms with van der Waals surface area (Å²) in [4.78, 5) is 15.5. The second-order valence-corrected chi connectivity index (χ2v) is 8.22. The lowest BCUT2D eigenvalue weighted by Gasteiger charge is -2.09. The molecule has 0 aliphatic rings. The Bertz CT molecular complexity index is 1300. The van der Waals surface area contributed by atoms with Gasteiger partial charge in [-0.05, 0) is 65.4 Å². The van der Waals surface area contributed by atoms with Crippen molar-refractivity contribution >= 4 is 40.1 Å². The molecule has 2 amide bonds. The number of alkyl halides is 3. The summed E-state index contributed by atoms with van der Waals surface area (Å²) >= 11 is -0.232. The minimum atomic E-state index is -4.38. The van der Waals surface area contributed by atoms with Crippen molar-refractivity contribution in [3.05, 3.63) is 78.2 Å². The maximum atomic E-state index is 14.1. The van der Waals surface area contributed by atoms with Gasteiger partial charge in [-0.3, -0.25) is 0 Å². The molecular weight excluding hydrogens is 458 g/mol. The van der Waals surface area contributed by atoms with Crippen LogP contribution in [0, 0.1) is 5.82 Å². The van der Waals surface area contributed by atoms with Crippen molar-refractivity contribution in [2.75, 3.05) is 10.6 Å². The Kier molecular flexibility index (Phi) is 6.30. The zero-order valence-corrected chi connectivity index (χ0v) is 17.7. The van der Waals surface area contributed by atoms with Crippen LogP contribution in [-0.4, -0.2) is 21.6 Å². The number of aliphatic hydroxyl groups excluding tert-OH is 1. The number of rotatable bonds is 5. The first-order chi connectivity index (χ1) is 15.7. The van der Waals surface area contributed by atoms with Crippen LogP contribution >= 0.6 is 11.8 Å². The van der Waals surface area contributed by atoms with E-state index in [-0.39, 0.29) is 22.2 Å². The molecule has 0 aliphatic heterocycles. The predicted molar refractivity (Wildman–Crippen MR) is 121 cm³/mol. The van der Waals surface area contributed by atoms with Crippen LogP contribution in [0.3, 0.4) is 0 Å². The number of fused-ring (bicyclic) bond motifs is 1. The number of urea groups is 1. The molecule has 4 rings (SSSR count). The zero-order valence-electron chi connectivity index (χ0n) is 16.8. The first-order valence-electron chi connectivity index (χ1n) is 9.66. The quantitative estimate of drug-likeness (QED) is 0.191. The van der Waals surface area contributed by atoms with Gasteiger partial charge in [0.05, 0.1) is 12.3 Å². The molecular formula is C23H17F4N3O2S. The molecule has 0 atom stereocenters. The molecule has 0 fully saturated rings. The van der Waals surface area contributed by atoms with Crippen molar-refractivity contribution < 1.29 is 27.5 Å². The highest BCUT2D eigenvalue weighted by atomic mass is 32.2. The van der Waals surface area contributed by atoms with Crippen molar-refractivity contribution in [3.8, 4) is 11.1 Å². The standard InChI is InChI=1S/C23H17F4N3O2S/c24-19-10-14(1-2-15(19)12-31)13-3-8-20-18(9-13)21(11-28-20)30-22(32)29-16-4-6-17(7-5-16)33-23(25,26)27/h1-11,28,31H,12H2,(H2,29,30,32). The van der Waals surface area contributed by atoms with Gasteiger partial charge in [-0.1, -0.05) is 18.2 Å². The van der Waals surface area contributed by atoms with E-state index < -0.39 is 24.0 Å². The maximum Gasteiger partial charge on any atom is 0.446 e. The molecule has 1 heterocycles. The van der Waals surface area contributed by atoms with Crippen LogP contribution in [-0.2, 0) is 6.61 Å². The number of H-pyrrole nitrogens is 1. The van der Waals surface area contributed by atoms with E-state index in [4.69, 9.17) is 5.11 Å². The van der Waals surface area contributed by atoms with E-state index in [0.29, 0.717) is 27.9 Å². The molecule has 4 N–H and O–H groups in total. The van der Waals surface area contributed by atoms with Crippen molar-refractivity contribution in [2.45, 2.75) is 17.0 Å². The number of hydrogen-bond donors (Lipinski definition) is 4. The van der Waals surface area contributed by atoms with E-state index in [1.807, 2.05) is 0 Å². The van der Waals surface area contributed by atoms with E-state index in [9.17, 15) is 22.4 Å². The Morgan fingerprint density at radius 1 is 0.970 bits per heavy atom. The van der Waals surface area contributed by atoms with E-state index >= 15 is 0 Å². The fourth-order valence-electron chi connectivity index (χ4n) is 3.28. The first kappa shape index (κ1) is 22.7. The Morgan fingerprint density at radius 2 is 1.67 bits per heavy atom. The molecule has 170 valence electrons. The summed E-state index contributed by atoms with van der Waals surface area (Å²) in [5.41, 5.74) is -1.31. The molecule has 3 aromatic carbocycles. The summed E-state index contributed by atoms with van der Waals surface area (Å²) in [7, 11) is 0. The fraction of sp³-hybridized carbons (Fsp3) is 0.0870. The number of aliphatic hydroxyl groups is 1.